The summed E-state index contributed by atoms with van der Waals surface area (Å²) in [5.74, 6) is 0. The molecule has 1 saturated heterocycles. The number of aromatic nitrogens is 1. The topological polar surface area (TPSA) is 50.3 Å². The summed E-state index contributed by atoms with van der Waals surface area (Å²) in [7, 11) is -3.41. The first-order valence-corrected chi connectivity index (χ1v) is 8.38. The second kappa shape index (κ2) is 5.14. The third-order valence-corrected chi connectivity index (χ3v) is 5.98. The van der Waals surface area contributed by atoms with Crippen LogP contribution in [0.15, 0.2) is 35.5 Å². The lowest BCUT2D eigenvalue weighted by molar-refractivity contribution is 0.347. The number of sulfonamides is 1. The molecule has 2 heterocycles. The molecule has 106 valence electrons. The predicted octanol–water partition coefficient (Wildman–Crippen LogP) is 2.72. The molecule has 0 saturated carbocycles. The zero-order valence-electron chi connectivity index (χ0n) is 11.5. The molecule has 0 atom stereocenters. The fraction of sp³-hybridized carbons (Fsp3) is 0.400. The van der Waals surface area contributed by atoms with E-state index in [0.717, 1.165) is 35.6 Å². The van der Waals surface area contributed by atoms with E-state index in [1.165, 1.54) is 0 Å². The SMILES string of the molecule is Cc1ccc2cnccc2c1S(=O)(=O)N1CCCCC1. The van der Waals surface area contributed by atoms with Gasteiger partial charge in [0.05, 0.1) is 4.90 Å². The molecule has 0 radical (unpaired) electrons. The molecule has 3 rings (SSSR count). The molecular weight excluding hydrogens is 272 g/mol. The maximum atomic E-state index is 12.9. The number of piperidine rings is 1. The van der Waals surface area contributed by atoms with E-state index in [2.05, 4.69) is 4.98 Å². The van der Waals surface area contributed by atoms with Crippen molar-refractivity contribution in [2.75, 3.05) is 13.1 Å². The van der Waals surface area contributed by atoms with Crippen LogP contribution in [0.1, 0.15) is 24.8 Å². The van der Waals surface area contributed by atoms with Gasteiger partial charge in [0.1, 0.15) is 0 Å². The van der Waals surface area contributed by atoms with Crippen LogP contribution >= 0.6 is 0 Å². The third kappa shape index (κ3) is 2.21. The van der Waals surface area contributed by atoms with Gasteiger partial charge in [-0.3, -0.25) is 4.98 Å². The molecule has 0 bridgehead atoms. The molecule has 1 aliphatic heterocycles. The smallest absolute Gasteiger partial charge is 0.243 e. The average Bonchev–Trinajstić information content (AvgIpc) is 2.47. The average molecular weight is 290 g/mol. The van der Waals surface area contributed by atoms with Crippen molar-refractivity contribution in [1.82, 2.24) is 9.29 Å². The summed E-state index contributed by atoms with van der Waals surface area (Å²) in [6.07, 6.45) is 6.38. The number of pyridine rings is 1. The van der Waals surface area contributed by atoms with Gasteiger partial charge in [-0.15, -0.1) is 0 Å². The molecule has 1 aliphatic rings. The first-order chi connectivity index (χ1) is 9.60. The van der Waals surface area contributed by atoms with Crippen LogP contribution in [0.25, 0.3) is 10.8 Å². The quantitative estimate of drug-likeness (QED) is 0.854. The highest BCUT2D eigenvalue weighted by atomic mass is 32.2. The van der Waals surface area contributed by atoms with Gasteiger partial charge in [0.15, 0.2) is 0 Å². The molecule has 0 unspecified atom stereocenters. The maximum Gasteiger partial charge on any atom is 0.243 e. The fourth-order valence-electron chi connectivity index (χ4n) is 2.83. The van der Waals surface area contributed by atoms with Gasteiger partial charge in [-0.2, -0.15) is 4.31 Å². The highest BCUT2D eigenvalue weighted by Crippen LogP contribution is 2.29. The molecule has 0 aliphatic carbocycles. The van der Waals surface area contributed by atoms with E-state index in [-0.39, 0.29) is 0 Å². The Hall–Kier alpha value is -1.46. The van der Waals surface area contributed by atoms with Gasteiger partial charge in [-0.25, -0.2) is 8.42 Å². The van der Waals surface area contributed by atoms with Crippen molar-refractivity contribution >= 4 is 20.8 Å². The molecule has 0 spiro atoms. The van der Waals surface area contributed by atoms with E-state index >= 15 is 0 Å². The monoisotopic (exact) mass is 290 g/mol. The zero-order valence-corrected chi connectivity index (χ0v) is 12.4. The van der Waals surface area contributed by atoms with Crippen molar-refractivity contribution in [2.24, 2.45) is 0 Å². The number of hydrogen-bond acceptors (Lipinski definition) is 3. The molecule has 4 nitrogen and oxygen atoms in total. The van der Waals surface area contributed by atoms with Crippen LogP contribution in [0, 0.1) is 6.92 Å². The summed E-state index contributed by atoms with van der Waals surface area (Å²) in [5.41, 5.74) is 0.800. The van der Waals surface area contributed by atoms with Crippen molar-refractivity contribution in [3.63, 3.8) is 0 Å². The van der Waals surface area contributed by atoms with Gasteiger partial charge >= 0.3 is 0 Å². The minimum atomic E-state index is -3.41. The molecule has 2 aromatic rings. The molecule has 1 aromatic heterocycles. The number of hydrogen-bond donors (Lipinski definition) is 0. The van der Waals surface area contributed by atoms with Gasteiger partial charge < -0.3 is 0 Å². The fourth-order valence-corrected chi connectivity index (χ4v) is 4.76. The second-order valence-corrected chi connectivity index (χ2v) is 7.15. The normalized spacial score (nSPS) is 17.4. The van der Waals surface area contributed by atoms with Crippen molar-refractivity contribution in [3.05, 3.63) is 36.2 Å². The Morgan fingerprint density at radius 3 is 2.60 bits per heavy atom. The Morgan fingerprint density at radius 2 is 1.85 bits per heavy atom. The molecule has 5 heteroatoms. The van der Waals surface area contributed by atoms with Crippen LogP contribution in [0.5, 0.6) is 0 Å². The van der Waals surface area contributed by atoms with E-state index in [9.17, 15) is 8.42 Å². The number of nitrogens with zero attached hydrogens (tertiary/aromatic N) is 2. The van der Waals surface area contributed by atoms with Crippen molar-refractivity contribution < 1.29 is 8.42 Å². The van der Waals surface area contributed by atoms with Gasteiger partial charge in [-0.1, -0.05) is 18.6 Å². The van der Waals surface area contributed by atoms with E-state index in [1.54, 1.807) is 22.8 Å². The maximum absolute atomic E-state index is 12.9. The Kier molecular flexibility index (Phi) is 3.48. The lowest BCUT2D eigenvalue weighted by Gasteiger charge is -2.27. The highest BCUT2D eigenvalue weighted by molar-refractivity contribution is 7.89. The minimum Gasteiger partial charge on any atom is -0.264 e. The Balaban J connectivity index is 2.20. The molecule has 1 fully saturated rings. The summed E-state index contributed by atoms with van der Waals surface area (Å²) in [6.45, 7) is 3.11. The van der Waals surface area contributed by atoms with E-state index < -0.39 is 10.0 Å². The van der Waals surface area contributed by atoms with Crippen molar-refractivity contribution in [2.45, 2.75) is 31.1 Å². The number of rotatable bonds is 2. The molecule has 0 amide bonds. The summed E-state index contributed by atoms with van der Waals surface area (Å²) >= 11 is 0. The minimum absolute atomic E-state index is 0.444. The van der Waals surface area contributed by atoms with E-state index in [1.807, 2.05) is 19.1 Å². The molecular formula is C15H18N2O2S. The number of aryl methyl sites for hydroxylation is 1. The van der Waals surface area contributed by atoms with Crippen LogP contribution in [0.4, 0.5) is 0 Å². The first-order valence-electron chi connectivity index (χ1n) is 6.94. The Labute approximate surface area is 119 Å². The number of fused-ring (bicyclic) bond motifs is 1. The third-order valence-electron chi connectivity index (χ3n) is 3.88. The van der Waals surface area contributed by atoms with Crippen LogP contribution in [0.2, 0.25) is 0 Å². The Bertz CT molecular complexity index is 735. The van der Waals surface area contributed by atoms with Crippen LogP contribution in [-0.4, -0.2) is 30.8 Å². The lowest BCUT2D eigenvalue weighted by atomic mass is 10.1. The highest BCUT2D eigenvalue weighted by Gasteiger charge is 2.28. The van der Waals surface area contributed by atoms with Gasteiger partial charge in [0.25, 0.3) is 0 Å². The van der Waals surface area contributed by atoms with Crippen molar-refractivity contribution in [1.29, 1.82) is 0 Å². The van der Waals surface area contributed by atoms with Gasteiger partial charge in [0, 0.05) is 36.3 Å². The van der Waals surface area contributed by atoms with Crippen LogP contribution in [0.3, 0.4) is 0 Å². The Morgan fingerprint density at radius 1 is 1.10 bits per heavy atom. The van der Waals surface area contributed by atoms with Gasteiger partial charge in [0.2, 0.25) is 10.0 Å². The van der Waals surface area contributed by atoms with E-state index in [0.29, 0.717) is 18.0 Å². The molecule has 1 aromatic carbocycles. The van der Waals surface area contributed by atoms with Crippen LogP contribution in [-0.2, 0) is 10.0 Å². The largest absolute Gasteiger partial charge is 0.264 e. The summed E-state index contributed by atoms with van der Waals surface area (Å²) in [6, 6.07) is 5.58. The predicted molar refractivity (Wildman–Crippen MR) is 79.1 cm³/mol. The first kappa shape index (κ1) is 13.5. The number of benzene rings is 1. The summed E-state index contributed by atoms with van der Waals surface area (Å²) < 4.78 is 27.5. The summed E-state index contributed by atoms with van der Waals surface area (Å²) in [4.78, 5) is 4.51. The van der Waals surface area contributed by atoms with E-state index in [4.69, 9.17) is 0 Å². The van der Waals surface area contributed by atoms with Crippen LogP contribution < -0.4 is 0 Å². The molecule has 20 heavy (non-hydrogen) atoms. The standard InChI is InChI=1S/C15H18N2O2S/c1-12-5-6-13-11-16-8-7-14(13)15(12)20(18,19)17-9-3-2-4-10-17/h5-8,11H,2-4,9-10H2,1H3. The second-order valence-electron chi connectivity index (χ2n) is 5.27. The van der Waals surface area contributed by atoms with Gasteiger partial charge in [-0.05, 0) is 31.4 Å². The lowest BCUT2D eigenvalue weighted by Crippen LogP contribution is -2.36. The summed E-state index contributed by atoms with van der Waals surface area (Å²) in [5, 5.41) is 1.64. The molecule has 0 N–H and O–H groups in total. The van der Waals surface area contributed by atoms with Crippen molar-refractivity contribution in [3.8, 4) is 0 Å². The zero-order chi connectivity index (χ0) is 14.2.